The molecule has 0 aromatic heterocycles. The third-order valence-corrected chi connectivity index (χ3v) is 3.11. The standard InChI is InChI=1S/C11H25N3/c1-4-12-7-9-13(2)10-11-6-5-8-14(11)3/h11-12H,4-10H2,1-3H3. The quantitative estimate of drug-likeness (QED) is 0.633. The molecule has 1 N–H and O–H groups in total. The highest BCUT2D eigenvalue weighted by Crippen LogP contribution is 2.14. The summed E-state index contributed by atoms with van der Waals surface area (Å²) in [4.78, 5) is 4.93. The Kier molecular flexibility index (Phi) is 5.45. The lowest BCUT2D eigenvalue weighted by atomic mass is 10.2. The lowest BCUT2D eigenvalue weighted by Crippen LogP contribution is -2.39. The number of likely N-dealkylation sites (N-methyl/N-ethyl adjacent to an activating group) is 3. The predicted molar refractivity (Wildman–Crippen MR) is 61.7 cm³/mol. The minimum atomic E-state index is 0.793. The van der Waals surface area contributed by atoms with E-state index in [4.69, 9.17) is 0 Å². The van der Waals surface area contributed by atoms with Crippen molar-refractivity contribution in [1.29, 1.82) is 0 Å². The largest absolute Gasteiger partial charge is 0.316 e. The molecule has 1 atom stereocenters. The second-order valence-corrected chi connectivity index (χ2v) is 4.39. The molecule has 0 aromatic carbocycles. The van der Waals surface area contributed by atoms with Gasteiger partial charge in [0.2, 0.25) is 0 Å². The maximum atomic E-state index is 3.36. The summed E-state index contributed by atoms with van der Waals surface area (Å²) in [6.07, 6.45) is 2.75. The molecular weight excluding hydrogens is 174 g/mol. The molecule has 3 nitrogen and oxygen atoms in total. The Morgan fingerprint density at radius 1 is 1.50 bits per heavy atom. The molecule has 0 amide bonds. The van der Waals surface area contributed by atoms with Crippen molar-refractivity contribution in [2.24, 2.45) is 0 Å². The van der Waals surface area contributed by atoms with Gasteiger partial charge in [-0.3, -0.25) is 0 Å². The first-order valence-electron chi connectivity index (χ1n) is 5.83. The van der Waals surface area contributed by atoms with Gasteiger partial charge in [-0.15, -0.1) is 0 Å². The van der Waals surface area contributed by atoms with Gasteiger partial charge in [-0.1, -0.05) is 6.92 Å². The summed E-state index contributed by atoms with van der Waals surface area (Å²) in [7, 11) is 4.47. The third-order valence-electron chi connectivity index (χ3n) is 3.11. The molecule has 84 valence electrons. The molecule has 0 bridgehead atoms. The second kappa shape index (κ2) is 6.38. The summed E-state index contributed by atoms with van der Waals surface area (Å²) in [5, 5.41) is 3.36. The van der Waals surface area contributed by atoms with Crippen LogP contribution in [0.4, 0.5) is 0 Å². The van der Waals surface area contributed by atoms with Gasteiger partial charge in [-0.05, 0) is 40.0 Å². The van der Waals surface area contributed by atoms with Crippen LogP contribution in [0.1, 0.15) is 19.8 Å². The van der Waals surface area contributed by atoms with E-state index in [2.05, 4.69) is 36.1 Å². The molecule has 1 saturated heterocycles. The van der Waals surface area contributed by atoms with Crippen LogP contribution in [0.5, 0.6) is 0 Å². The zero-order valence-corrected chi connectivity index (χ0v) is 9.92. The van der Waals surface area contributed by atoms with E-state index < -0.39 is 0 Å². The topological polar surface area (TPSA) is 18.5 Å². The van der Waals surface area contributed by atoms with E-state index in [9.17, 15) is 0 Å². The van der Waals surface area contributed by atoms with Gasteiger partial charge >= 0.3 is 0 Å². The van der Waals surface area contributed by atoms with Crippen molar-refractivity contribution in [3.8, 4) is 0 Å². The average molecular weight is 199 g/mol. The molecule has 0 aliphatic carbocycles. The summed E-state index contributed by atoms with van der Waals surface area (Å²) < 4.78 is 0. The van der Waals surface area contributed by atoms with Gasteiger partial charge in [0.05, 0.1) is 0 Å². The van der Waals surface area contributed by atoms with E-state index in [0.717, 1.165) is 25.7 Å². The minimum Gasteiger partial charge on any atom is -0.316 e. The first-order chi connectivity index (χ1) is 6.74. The monoisotopic (exact) mass is 199 g/mol. The van der Waals surface area contributed by atoms with Crippen molar-refractivity contribution in [3.05, 3.63) is 0 Å². The Balaban J connectivity index is 2.09. The Morgan fingerprint density at radius 2 is 2.29 bits per heavy atom. The first-order valence-corrected chi connectivity index (χ1v) is 5.83. The maximum Gasteiger partial charge on any atom is 0.0220 e. The lowest BCUT2D eigenvalue weighted by Gasteiger charge is -2.25. The second-order valence-electron chi connectivity index (χ2n) is 4.39. The van der Waals surface area contributed by atoms with Gasteiger partial charge in [0.15, 0.2) is 0 Å². The zero-order valence-electron chi connectivity index (χ0n) is 9.92. The van der Waals surface area contributed by atoms with E-state index in [0.29, 0.717) is 0 Å². The van der Waals surface area contributed by atoms with E-state index in [1.54, 1.807) is 0 Å². The van der Waals surface area contributed by atoms with Crippen LogP contribution in [0.2, 0.25) is 0 Å². The molecule has 1 rings (SSSR count). The van der Waals surface area contributed by atoms with Crippen molar-refractivity contribution in [2.75, 3.05) is 46.8 Å². The molecule has 1 heterocycles. The van der Waals surface area contributed by atoms with Crippen LogP contribution in [-0.4, -0.2) is 62.7 Å². The molecule has 0 radical (unpaired) electrons. The molecule has 14 heavy (non-hydrogen) atoms. The summed E-state index contributed by atoms with van der Waals surface area (Å²) in [5.74, 6) is 0. The highest BCUT2D eigenvalue weighted by atomic mass is 15.2. The summed E-state index contributed by atoms with van der Waals surface area (Å²) in [5.41, 5.74) is 0. The highest BCUT2D eigenvalue weighted by molar-refractivity contribution is 4.78. The van der Waals surface area contributed by atoms with Gasteiger partial charge in [0.1, 0.15) is 0 Å². The molecule has 0 saturated carbocycles. The van der Waals surface area contributed by atoms with Gasteiger partial charge in [0, 0.05) is 25.7 Å². The van der Waals surface area contributed by atoms with Crippen LogP contribution >= 0.6 is 0 Å². The van der Waals surface area contributed by atoms with Crippen LogP contribution in [0.3, 0.4) is 0 Å². The summed E-state index contributed by atoms with van der Waals surface area (Å²) in [6.45, 7) is 8.02. The summed E-state index contributed by atoms with van der Waals surface area (Å²) >= 11 is 0. The van der Waals surface area contributed by atoms with Crippen molar-refractivity contribution in [3.63, 3.8) is 0 Å². The number of hydrogen-bond acceptors (Lipinski definition) is 3. The van der Waals surface area contributed by atoms with Gasteiger partial charge in [-0.2, -0.15) is 0 Å². The van der Waals surface area contributed by atoms with Crippen molar-refractivity contribution >= 4 is 0 Å². The third kappa shape index (κ3) is 3.95. The molecule has 1 aliphatic rings. The fourth-order valence-electron chi connectivity index (χ4n) is 2.11. The molecule has 0 aromatic rings. The van der Waals surface area contributed by atoms with Gasteiger partial charge in [-0.25, -0.2) is 0 Å². The van der Waals surface area contributed by atoms with Crippen LogP contribution < -0.4 is 5.32 Å². The molecule has 1 fully saturated rings. The number of rotatable bonds is 6. The van der Waals surface area contributed by atoms with Gasteiger partial charge in [0.25, 0.3) is 0 Å². The SMILES string of the molecule is CCNCCN(C)CC1CCCN1C. The molecule has 3 heteroatoms. The fourth-order valence-corrected chi connectivity index (χ4v) is 2.11. The van der Waals surface area contributed by atoms with Crippen molar-refractivity contribution in [1.82, 2.24) is 15.1 Å². The highest BCUT2D eigenvalue weighted by Gasteiger charge is 2.21. The first kappa shape index (κ1) is 12.0. The van der Waals surface area contributed by atoms with Crippen LogP contribution in [0.25, 0.3) is 0 Å². The molecule has 0 spiro atoms. The number of hydrogen-bond donors (Lipinski definition) is 1. The van der Waals surface area contributed by atoms with Crippen LogP contribution in [0, 0.1) is 0 Å². The summed E-state index contributed by atoms with van der Waals surface area (Å²) in [6, 6.07) is 0.793. The van der Waals surface area contributed by atoms with E-state index in [1.807, 2.05) is 0 Å². The van der Waals surface area contributed by atoms with Crippen LogP contribution in [0.15, 0.2) is 0 Å². The van der Waals surface area contributed by atoms with Crippen molar-refractivity contribution < 1.29 is 0 Å². The lowest BCUT2D eigenvalue weighted by molar-refractivity contribution is 0.220. The number of nitrogens with zero attached hydrogens (tertiary/aromatic N) is 2. The maximum absolute atomic E-state index is 3.36. The fraction of sp³-hybridized carbons (Fsp3) is 1.00. The van der Waals surface area contributed by atoms with E-state index in [-0.39, 0.29) is 0 Å². The molecular formula is C11H25N3. The Labute approximate surface area is 88.5 Å². The molecule has 1 aliphatic heterocycles. The van der Waals surface area contributed by atoms with E-state index in [1.165, 1.54) is 25.9 Å². The smallest absolute Gasteiger partial charge is 0.0220 e. The molecule has 1 unspecified atom stereocenters. The van der Waals surface area contributed by atoms with Gasteiger partial charge < -0.3 is 15.1 Å². The average Bonchev–Trinajstić information content (AvgIpc) is 2.52. The van der Waals surface area contributed by atoms with Crippen molar-refractivity contribution in [2.45, 2.75) is 25.8 Å². The Hall–Kier alpha value is -0.120. The van der Waals surface area contributed by atoms with Crippen LogP contribution in [-0.2, 0) is 0 Å². The zero-order chi connectivity index (χ0) is 10.4. The number of nitrogens with one attached hydrogen (secondary N) is 1. The predicted octanol–water partition coefficient (Wildman–Crippen LogP) is 0.622. The normalized spacial score (nSPS) is 23.6. The number of likely N-dealkylation sites (tertiary alicyclic amines) is 1. The minimum absolute atomic E-state index is 0.793. The Bertz CT molecular complexity index is 149. The van der Waals surface area contributed by atoms with E-state index >= 15 is 0 Å². The Morgan fingerprint density at radius 3 is 2.86 bits per heavy atom.